The average Bonchev–Trinajstić information content (AvgIpc) is 2.78. The average molecular weight is 397 g/mol. The van der Waals surface area contributed by atoms with Crippen molar-refractivity contribution < 1.29 is 19.1 Å². The Morgan fingerprint density at radius 1 is 1.03 bits per heavy atom. The number of carbonyl (C=O) groups excluding carboxylic acids is 2. The molecule has 0 aliphatic carbocycles. The maximum atomic E-state index is 12.5. The van der Waals surface area contributed by atoms with E-state index in [1.807, 2.05) is 31.2 Å². The standard InChI is InChI=1S/C22H27N3O4/c1-3-29-20-10-5-4-9-19(20)24-11-13-25(14-12-24)21(26)16-23-22(27)17-7-6-8-18(15-17)28-2/h4-10,15H,3,11-14,16H2,1-2H3,(H,23,27). The van der Waals surface area contributed by atoms with Crippen LogP contribution < -0.4 is 19.7 Å². The number of para-hydroxylation sites is 2. The number of carbonyl (C=O) groups is 2. The van der Waals surface area contributed by atoms with E-state index in [1.54, 1.807) is 36.3 Å². The number of hydrogen-bond donors (Lipinski definition) is 1. The van der Waals surface area contributed by atoms with Crippen LogP contribution in [-0.2, 0) is 4.79 Å². The first-order valence-electron chi connectivity index (χ1n) is 9.79. The second-order valence-electron chi connectivity index (χ2n) is 6.68. The predicted molar refractivity (Wildman–Crippen MR) is 112 cm³/mol. The molecule has 0 saturated carbocycles. The third-order valence-electron chi connectivity index (χ3n) is 4.87. The van der Waals surface area contributed by atoms with Crippen molar-refractivity contribution in [1.29, 1.82) is 0 Å². The Hall–Kier alpha value is -3.22. The molecule has 0 radical (unpaired) electrons. The van der Waals surface area contributed by atoms with Gasteiger partial charge >= 0.3 is 0 Å². The lowest BCUT2D eigenvalue weighted by Crippen LogP contribution is -2.51. The minimum Gasteiger partial charge on any atom is -0.497 e. The maximum Gasteiger partial charge on any atom is 0.251 e. The SMILES string of the molecule is CCOc1ccccc1N1CCN(C(=O)CNC(=O)c2cccc(OC)c2)CC1. The van der Waals surface area contributed by atoms with E-state index in [2.05, 4.69) is 10.2 Å². The zero-order chi connectivity index (χ0) is 20.6. The van der Waals surface area contributed by atoms with Crippen LogP contribution >= 0.6 is 0 Å². The topological polar surface area (TPSA) is 71.1 Å². The molecule has 0 aromatic heterocycles. The minimum atomic E-state index is -0.290. The monoisotopic (exact) mass is 397 g/mol. The lowest BCUT2D eigenvalue weighted by Gasteiger charge is -2.36. The smallest absolute Gasteiger partial charge is 0.251 e. The summed E-state index contributed by atoms with van der Waals surface area (Å²) in [7, 11) is 1.55. The molecule has 2 aromatic carbocycles. The number of nitrogens with one attached hydrogen (secondary N) is 1. The van der Waals surface area contributed by atoms with Gasteiger partial charge in [0.25, 0.3) is 5.91 Å². The van der Waals surface area contributed by atoms with Crippen LogP contribution in [0.2, 0.25) is 0 Å². The van der Waals surface area contributed by atoms with Crippen molar-refractivity contribution in [2.24, 2.45) is 0 Å². The number of rotatable bonds is 7. The Labute approximate surface area is 171 Å². The highest BCUT2D eigenvalue weighted by Gasteiger charge is 2.23. The van der Waals surface area contributed by atoms with Gasteiger partial charge in [-0.2, -0.15) is 0 Å². The predicted octanol–water partition coefficient (Wildman–Crippen LogP) is 2.17. The Morgan fingerprint density at radius 3 is 2.52 bits per heavy atom. The van der Waals surface area contributed by atoms with Crippen LogP contribution in [0.15, 0.2) is 48.5 Å². The number of hydrogen-bond acceptors (Lipinski definition) is 5. The molecule has 0 unspecified atom stereocenters. The molecular formula is C22H27N3O4. The second kappa shape index (κ2) is 9.82. The zero-order valence-electron chi connectivity index (χ0n) is 16.9. The van der Waals surface area contributed by atoms with Crippen LogP contribution in [0.5, 0.6) is 11.5 Å². The van der Waals surface area contributed by atoms with Crippen molar-refractivity contribution in [2.75, 3.05) is 51.3 Å². The number of piperazine rings is 1. The highest BCUT2D eigenvalue weighted by Crippen LogP contribution is 2.28. The second-order valence-corrected chi connectivity index (χ2v) is 6.68. The molecule has 0 spiro atoms. The normalized spacial score (nSPS) is 13.7. The summed E-state index contributed by atoms with van der Waals surface area (Å²) in [5.74, 6) is 1.09. The maximum absolute atomic E-state index is 12.5. The van der Waals surface area contributed by atoms with E-state index in [4.69, 9.17) is 9.47 Å². The summed E-state index contributed by atoms with van der Waals surface area (Å²) in [5, 5.41) is 2.70. The van der Waals surface area contributed by atoms with E-state index in [0.717, 1.165) is 24.5 Å². The van der Waals surface area contributed by atoms with E-state index in [9.17, 15) is 9.59 Å². The van der Waals surface area contributed by atoms with E-state index in [-0.39, 0.29) is 18.4 Å². The summed E-state index contributed by atoms with van der Waals surface area (Å²) in [5.41, 5.74) is 1.52. The molecule has 1 saturated heterocycles. The third-order valence-corrected chi connectivity index (χ3v) is 4.87. The van der Waals surface area contributed by atoms with Gasteiger partial charge in [0, 0.05) is 31.7 Å². The first-order chi connectivity index (χ1) is 14.1. The number of ether oxygens (including phenoxy) is 2. The molecule has 1 N–H and O–H groups in total. The number of nitrogens with zero attached hydrogens (tertiary/aromatic N) is 2. The van der Waals surface area contributed by atoms with Gasteiger partial charge in [-0.15, -0.1) is 0 Å². The van der Waals surface area contributed by atoms with Gasteiger partial charge in [0.15, 0.2) is 0 Å². The molecule has 1 aliphatic heterocycles. The van der Waals surface area contributed by atoms with Crippen molar-refractivity contribution in [1.82, 2.24) is 10.2 Å². The Balaban J connectivity index is 1.51. The summed E-state index contributed by atoms with van der Waals surface area (Å²) >= 11 is 0. The zero-order valence-corrected chi connectivity index (χ0v) is 16.9. The van der Waals surface area contributed by atoms with Gasteiger partial charge in [-0.1, -0.05) is 18.2 Å². The van der Waals surface area contributed by atoms with Gasteiger partial charge in [0.2, 0.25) is 5.91 Å². The van der Waals surface area contributed by atoms with E-state index in [0.29, 0.717) is 31.0 Å². The van der Waals surface area contributed by atoms with Gasteiger partial charge in [-0.3, -0.25) is 9.59 Å². The molecule has 0 bridgehead atoms. The summed E-state index contributed by atoms with van der Waals surface area (Å²) < 4.78 is 10.8. The van der Waals surface area contributed by atoms with E-state index < -0.39 is 0 Å². The largest absolute Gasteiger partial charge is 0.497 e. The molecule has 154 valence electrons. The van der Waals surface area contributed by atoms with Crippen LogP contribution in [-0.4, -0.2) is 63.2 Å². The minimum absolute atomic E-state index is 0.0222. The van der Waals surface area contributed by atoms with Crippen LogP contribution in [0, 0.1) is 0 Å². The molecule has 7 heteroatoms. The molecule has 2 aromatic rings. The third kappa shape index (κ3) is 5.19. The van der Waals surface area contributed by atoms with Gasteiger partial charge in [-0.25, -0.2) is 0 Å². The van der Waals surface area contributed by atoms with Crippen molar-refractivity contribution >= 4 is 17.5 Å². The van der Waals surface area contributed by atoms with Crippen molar-refractivity contribution in [3.05, 3.63) is 54.1 Å². The Kier molecular flexibility index (Phi) is 6.94. The summed E-state index contributed by atoms with van der Waals surface area (Å²) in [6.07, 6.45) is 0. The Morgan fingerprint density at radius 2 is 1.79 bits per heavy atom. The number of amides is 2. The molecule has 7 nitrogen and oxygen atoms in total. The lowest BCUT2D eigenvalue weighted by molar-refractivity contribution is -0.130. The van der Waals surface area contributed by atoms with Gasteiger partial charge in [0.05, 0.1) is 25.9 Å². The fourth-order valence-corrected chi connectivity index (χ4v) is 3.33. The molecule has 2 amide bonds. The molecule has 1 heterocycles. The van der Waals surface area contributed by atoms with Crippen molar-refractivity contribution in [2.45, 2.75) is 6.92 Å². The van der Waals surface area contributed by atoms with E-state index in [1.165, 1.54) is 0 Å². The summed E-state index contributed by atoms with van der Waals surface area (Å²) in [4.78, 5) is 28.8. The number of benzene rings is 2. The fourth-order valence-electron chi connectivity index (χ4n) is 3.33. The quantitative estimate of drug-likeness (QED) is 0.775. The van der Waals surface area contributed by atoms with Crippen molar-refractivity contribution in [3.63, 3.8) is 0 Å². The Bertz CT molecular complexity index is 847. The lowest BCUT2D eigenvalue weighted by atomic mass is 10.2. The molecule has 29 heavy (non-hydrogen) atoms. The van der Waals surface area contributed by atoms with Gasteiger partial charge in [0.1, 0.15) is 11.5 Å². The first-order valence-corrected chi connectivity index (χ1v) is 9.79. The molecular weight excluding hydrogens is 370 g/mol. The summed E-state index contributed by atoms with van der Waals surface area (Å²) in [6.45, 7) is 5.21. The highest BCUT2D eigenvalue weighted by molar-refractivity contribution is 5.96. The molecule has 3 rings (SSSR count). The van der Waals surface area contributed by atoms with E-state index >= 15 is 0 Å². The van der Waals surface area contributed by atoms with Crippen LogP contribution in [0.25, 0.3) is 0 Å². The molecule has 0 atom stereocenters. The number of anilines is 1. The summed E-state index contributed by atoms with van der Waals surface area (Å²) in [6, 6.07) is 14.8. The fraction of sp³-hybridized carbons (Fsp3) is 0.364. The number of methoxy groups -OCH3 is 1. The van der Waals surface area contributed by atoms with Crippen LogP contribution in [0.1, 0.15) is 17.3 Å². The van der Waals surface area contributed by atoms with Crippen LogP contribution in [0.4, 0.5) is 5.69 Å². The molecule has 1 aliphatic rings. The van der Waals surface area contributed by atoms with Crippen molar-refractivity contribution in [3.8, 4) is 11.5 Å². The van der Waals surface area contributed by atoms with Crippen LogP contribution in [0.3, 0.4) is 0 Å². The van der Waals surface area contributed by atoms with Gasteiger partial charge < -0.3 is 24.6 Å². The highest BCUT2D eigenvalue weighted by atomic mass is 16.5. The first kappa shape index (κ1) is 20.5. The van der Waals surface area contributed by atoms with Gasteiger partial charge in [-0.05, 0) is 37.3 Å². The molecule has 1 fully saturated rings.